The van der Waals surface area contributed by atoms with Crippen molar-refractivity contribution in [1.29, 1.82) is 0 Å². The van der Waals surface area contributed by atoms with Crippen LogP contribution in [0.1, 0.15) is 27.2 Å². The van der Waals surface area contributed by atoms with E-state index in [0.717, 1.165) is 6.54 Å². The summed E-state index contributed by atoms with van der Waals surface area (Å²) in [6.07, 6.45) is 0.684. The van der Waals surface area contributed by atoms with Crippen molar-refractivity contribution >= 4 is 5.91 Å². The monoisotopic (exact) mass is 170 g/mol. The smallest absolute Gasteiger partial charge is 0.223 e. The number of carbonyl (C=O) groups excluding carboxylic acids is 1. The SMILES string of the molecule is CC1CC(=O)N(C(C)(C)CN)C1. The third-order valence-corrected chi connectivity index (χ3v) is 2.55. The Bertz CT molecular complexity index is 189. The van der Waals surface area contributed by atoms with E-state index in [1.807, 2.05) is 18.7 Å². The maximum atomic E-state index is 11.5. The average molecular weight is 170 g/mol. The molecule has 0 aromatic heterocycles. The Morgan fingerprint density at radius 1 is 1.67 bits per heavy atom. The second-order valence-electron chi connectivity index (χ2n) is 4.33. The largest absolute Gasteiger partial charge is 0.336 e. The summed E-state index contributed by atoms with van der Waals surface area (Å²) in [5.74, 6) is 0.737. The second-order valence-corrected chi connectivity index (χ2v) is 4.33. The van der Waals surface area contributed by atoms with E-state index in [0.29, 0.717) is 18.9 Å². The van der Waals surface area contributed by atoms with Crippen molar-refractivity contribution in [2.24, 2.45) is 11.7 Å². The van der Waals surface area contributed by atoms with Gasteiger partial charge in [-0.2, -0.15) is 0 Å². The molecule has 1 aliphatic rings. The van der Waals surface area contributed by atoms with Crippen molar-refractivity contribution in [3.63, 3.8) is 0 Å². The molecular formula is C9H18N2O. The number of hydrogen-bond donors (Lipinski definition) is 1. The lowest BCUT2D eigenvalue weighted by Crippen LogP contribution is -2.50. The fourth-order valence-electron chi connectivity index (χ4n) is 1.58. The third-order valence-electron chi connectivity index (χ3n) is 2.55. The lowest BCUT2D eigenvalue weighted by Gasteiger charge is -2.34. The molecule has 0 aromatic rings. The zero-order valence-corrected chi connectivity index (χ0v) is 8.13. The topological polar surface area (TPSA) is 46.3 Å². The molecule has 3 heteroatoms. The van der Waals surface area contributed by atoms with Crippen LogP contribution in [0.5, 0.6) is 0 Å². The van der Waals surface area contributed by atoms with E-state index in [1.54, 1.807) is 0 Å². The number of carbonyl (C=O) groups is 1. The normalized spacial score (nSPS) is 25.2. The van der Waals surface area contributed by atoms with Crippen LogP contribution in [0.2, 0.25) is 0 Å². The Balaban J connectivity index is 2.70. The van der Waals surface area contributed by atoms with Crippen LogP contribution in [0.3, 0.4) is 0 Å². The van der Waals surface area contributed by atoms with E-state index in [9.17, 15) is 4.79 Å². The first-order chi connectivity index (χ1) is 5.47. The van der Waals surface area contributed by atoms with Gasteiger partial charge >= 0.3 is 0 Å². The molecule has 2 N–H and O–H groups in total. The summed E-state index contributed by atoms with van der Waals surface area (Å²) in [5, 5.41) is 0. The quantitative estimate of drug-likeness (QED) is 0.659. The predicted molar refractivity (Wildman–Crippen MR) is 48.6 cm³/mol. The molecule has 70 valence electrons. The highest BCUT2D eigenvalue weighted by Crippen LogP contribution is 2.24. The first-order valence-electron chi connectivity index (χ1n) is 4.48. The van der Waals surface area contributed by atoms with Gasteiger partial charge < -0.3 is 10.6 Å². The maximum Gasteiger partial charge on any atom is 0.223 e. The van der Waals surface area contributed by atoms with Crippen LogP contribution in [0.25, 0.3) is 0 Å². The van der Waals surface area contributed by atoms with Crippen molar-refractivity contribution < 1.29 is 4.79 Å². The van der Waals surface area contributed by atoms with Crippen LogP contribution in [0.15, 0.2) is 0 Å². The Morgan fingerprint density at radius 3 is 2.58 bits per heavy atom. The molecule has 12 heavy (non-hydrogen) atoms. The van der Waals surface area contributed by atoms with E-state index in [1.165, 1.54) is 0 Å². The third kappa shape index (κ3) is 1.61. The molecule has 1 atom stereocenters. The van der Waals surface area contributed by atoms with Gasteiger partial charge in [0, 0.05) is 25.0 Å². The summed E-state index contributed by atoms with van der Waals surface area (Å²) < 4.78 is 0. The fraction of sp³-hybridized carbons (Fsp3) is 0.889. The highest BCUT2D eigenvalue weighted by Gasteiger charge is 2.35. The van der Waals surface area contributed by atoms with Crippen LogP contribution < -0.4 is 5.73 Å². The molecule has 0 spiro atoms. The Kier molecular flexibility index (Phi) is 2.42. The molecule has 1 amide bonds. The molecule has 3 nitrogen and oxygen atoms in total. The lowest BCUT2D eigenvalue weighted by molar-refractivity contribution is -0.131. The summed E-state index contributed by atoms with van der Waals surface area (Å²) in [6.45, 7) is 7.53. The number of hydrogen-bond acceptors (Lipinski definition) is 2. The van der Waals surface area contributed by atoms with Gasteiger partial charge in [-0.15, -0.1) is 0 Å². The van der Waals surface area contributed by atoms with E-state index < -0.39 is 0 Å². The molecule has 1 aliphatic heterocycles. The van der Waals surface area contributed by atoms with Crippen molar-refractivity contribution in [2.45, 2.75) is 32.7 Å². The number of likely N-dealkylation sites (tertiary alicyclic amines) is 1. The molecule has 1 fully saturated rings. The highest BCUT2D eigenvalue weighted by atomic mass is 16.2. The molecule has 1 unspecified atom stereocenters. The molecular weight excluding hydrogens is 152 g/mol. The summed E-state index contributed by atoms with van der Waals surface area (Å²) in [6, 6.07) is 0. The molecule has 1 rings (SSSR count). The average Bonchev–Trinajstić information content (AvgIpc) is 2.31. The predicted octanol–water partition coefficient (Wildman–Crippen LogP) is 0.592. The van der Waals surface area contributed by atoms with Crippen LogP contribution >= 0.6 is 0 Å². The van der Waals surface area contributed by atoms with Gasteiger partial charge in [0.1, 0.15) is 0 Å². The van der Waals surface area contributed by atoms with E-state index in [4.69, 9.17) is 5.73 Å². The Labute approximate surface area is 73.9 Å². The number of nitrogens with zero attached hydrogens (tertiary/aromatic N) is 1. The van der Waals surface area contributed by atoms with Gasteiger partial charge in [-0.25, -0.2) is 0 Å². The Morgan fingerprint density at radius 2 is 2.25 bits per heavy atom. The zero-order valence-electron chi connectivity index (χ0n) is 8.13. The van der Waals surface area contributed by atoms with Gasteiger partial charge in [-0.3, -0.25) is 4.79 Å². The highest BCUT2D eigenvalue weighted by molar-refractivity contribution is 5.79. The number of amides is 1. The van der Waals surface area contributed by atoms with E-state index in [-0.39, 0.29) is 11.4 Å². The van der Waals surface area contributed by atoms with Crippen LogP contribution in [-0.2, 0) is 4.79 Å². The van der Waals surface area contributed by atoms with Gasteiger partial charge in [0.25, 0.3) is 0 Å². The van der Waals surface area contributed by atoms with Crippen molar-refractivity contribution in [3.8, 4) is 0 Å². The zero-order chi connectivity index (χ0) is 9.35. The Hall–Kier alpha value is -0.570. The van der Waals surface area contributed by atoms with Gasteiger partial charge in [0.15, 0.2) is 0 Å². The number of nitrogens with two attached hydrogens (primary N) is 1. The molecule has 0 aliphatic carbocycles. The first kappa shape index (κ1) is 9.52. The van der Waals surface area contributed by atoms with E-state index in [2.05, 4.69) is 6.92 Å². The molecule has 1 saturated heterocycles. The molecule has 0 radical (unpaired) electrons. The van der Waals surface area contributed by atoms with Crippen LogP contribution in [0, 0.1) is 5.92 Å². The van der Waals surface area contributed by atoms with Crippen LogP contribution in [0.4, 0.5) is 0 Å². The minimum atomic E-state index is -0.165. The summed E-state index contributed by atoms with van der Waals surface area (Å²) in [5.41, 5.74) is 5.44. The minimum absolute atomic E-state index is 0.165. The van der Waals surface area contributed by atoms with Gasteiger partial charge in [0.2, 0.25) is 5.91 Å². The van der Waals surface area contributed by atoms with Gasteiger partial charge in [-0.1, -0.05) is 6.92 Å². The van der Waals surface area contributed by atoms with Crippen LogP contribution in [-0.4, -0.2) is 29.4 Å². The van der Waals surface area contributed by atoms with Crippen molar-refractivity contribution in [2.75, 3.05) is 13.1 Å². The van der Waals surface area contributed by atoms with Gasteiger partial charge in [0.05, 0.1) is 0 Å². The van der Waals surface area contributed by atoms with Crippen molar-refractivity contribution in [1.82, 2.24) is 4.90 Å². The molecule has 1 heterocycles. The fourth-order valence-corrected chi connectivity index (χ4v) is 1.58. The summed E-state index contributed by atoms with van der Waals surface area (Å²) in [4.78, 5) is 13.4. The number of rotatable bonds is 2. The minimum Gasteiger partial charge on any atom is -0.336 e. The molecule has 0 saturated carbocycles. The lowest BCUT2D eigenvalue weighted by atomic mass is 10.0. The molecule has 0 aromatic carbocycles. The summed E-state index contributed by atoms with van der Waals surface area (Å²) >= 11 is 0. The second kappa shape index (κ2) is 3.05. The first-order valence-corrected chi connectivity index (χ1v) is 4.48. The van der Waals surface area contributed by atoms with Crippen molar-refractivity contribution in [3.05, 3.63) is 0 Å². The summed E-state index contributed by atoms with van der Waals surface area (Å²) in [7, 11) is 0. The maximum absolute atomic E-state index is 11.5. The van der Waals surface area contributed by atoms with Gasteiger partial charge in [-0.05, 0) is 19.8 Å². The standard InChI is InChI=1S/C9H18N2O/c1-7-4-8(12)11(5-7)9(2,3)6-10/h7H,4-6,10H2,1-3H3. The van der Waals surface area contributed by atoms with E-state index >= 15 is 0 Å². The molecule has 0 bridgehead atoms.